The van der Waals surface area contributed by atoms with Gasteiger partial charge in [0.15, 0.2) is 12.4 Å². The average Bonchev–Trinajstić information content (AvgIpc) is 3.55. The maximum atomic E-state index is 12.9. The first-order valence-corrected chi connectivity index (χ1v) is 20.0. The molecule has 8 heteroatoms. The number of hydrogen-bond acceptors (Lipinski definition) is 8. The van der Waals surface area contributed by atoms with Crippen LogP contribution in [0, 0.1) is 51.2 Å². The molecule has 3 saturated heterocycles. The molecule has 0 aromatic rings. The van der Waals surface area contributed by atoms with Gasteiger partial charge in [-0.25, -0.2) is 0 Å². The molecule has 270 valence electrons. The van der Waals surface area contributed by atoms with E-state index in [0.717, 1.165) is 83.8 Å². The van der Waals surface area contributed by atoms with Gasteiger partial charge in [0.25, 0.3) is 0 Å². The highest BCUT2D eigenvalue weighted by Crippen LogP contribution is 2.87. The van der Waals surface area contributed by atoms with Gasteiger partial charge in [0, 0.05) is 6.54 Å². The fourth-order valence-electron chi connectivity index (χ4n) is 13.9. The summed E-state index contributed by atoms with van der Waals surface area (Å²) in [4.78, 5) is 15.4. The molecule has 0 radical (unpaired) electrons. The van der Waals surface area contributed by atoms with Crippen LogP contribution >= 0.6 is 0 Å². The average molecular weight is 670 g/mol. The van der Waals surface area contributed by atoms with Gasteiger partial charge in [-0.05, 0) is 136 Å². The van der Waals surface area contributed by atoms with Crippen LogP contribution in [0.3, 0.4) is 0 Å². The molecule has 0 aromatic heterocycles. The van der Waals surface area contributed by atoms with Gasteiger partial charge in [0.2, 0.25) is 0 Å². The molecule has 0 bridgehead atoms. The van der Waals surface area contributed by atoms with Crippen molar-refractivity contribution in [1.29, 1.82) is 0 Å². The number of esters is 1. The van der Waals surface area contributed by atoms with Crippen molar-refractivity contribution in [3.05, 3.63) is 0 Å². The van der Waals surface area contributed by atoms with Crippen LogP contribution in [0.4, 0.5) is 0 Å². The lowest BCUT2D eigenvalue weighted by Gasteiger charge is -2.60. The molecule has 8 nitrogen and oxygen atoms in total. The van der Waals surface area contributed by atoms with Crippen LogP contribution in [0.5, 0.6) is 0 Å². The van der Waals surface area contributed by atoms with Crippen molar-refractivity contribution in [2.45, 2.75) is 160 Å². The van der Waals surface area contributed by atoms with E-state index in [-0.39, 0.29) is 41.9 Å². The number of carbonyl (C=O) groups is 1. The second kappa shape index (κ2) is 11.4. The van der Waals surface area contributed by atoms with E-state index in [1.807, 2.05) is 0 Å². The molecule has 2 spiro atoms. The number of hydrogen-bond donors (Lipinski definition) is 1. The molecule has 0 aromatic carbocycles. The Labute approximate surface area is 288 Å². The summed E-state index contributed by atoms with van der Waals surface area (Å²) in [5, 5.41) is 11.2. The smallest absolute Gasteiger partial charge is 0.309 e. The minimum absolute atomic E-state index is 0.00156. The van der Waals surface area contributed by atoms with Gasteiger partial charge < -0.3 is 28.8 Å². The van der Waals surface area contributed by atoms with Crippen molar-refractivity contribution in [2.24, 2.45) is 51.2 Å². The minimum atomic E-state index is -1.13. The Kier molecular flexibility index (Phi) is 7.83. The molecule has 6 saturated carbocycles. The molecule has 9 rings (SSSR count). The summed E-state index contributed by atoms with van der Waals surface area (Å²) in [6.07, 6.45) is 14.8. The third-order valence-electron chi connectivity index (χ3n) is 16.8. The lowest BCUT2D eigenvalue weighted by Crippen LogP contribution is -2.58. The van der Waals surface area contributed by atoms with E-state index in [1.54, 1.807) is 13.8 Å². The molecule has 9 fully saturated rings. The number of fused-ring (bicyclic) bond motifs is 4. The summed E-state index contributed by atoms with van der Waals surface area (Å²) in [7, 11) is 0. The Bertz CT molecular complexity index is 1260. The molecule has 1 N–H and O–H groups in total. The van der Waals surface area contributed by atoms with Crippen molar-refractivity contribution in [2.75, 3.05) is 32.9 Å². The molecule has 3 aliphatic heterocycles. The normalized spacial score (nSPS) is 49.2. The Morgan fingerprint density at radius 2 is 1.73 bits per heavy atom. The predicted molar refractivity (Wildman–Crippen MR) is 180 cm³/mol. The number of carbonyl (C=O) groups excluding carboxylic acids is 1. The number of aliphatic hydroxyl groups is 1. The van der Waals surface area contributed by atoms with Crippen LogP contribution in [-0.2, 0) is 28.5 Å². The van der Waals surface area contributed by atoms with Gasteiger partial charge in [0.1, 0.15) is 0 Å². The van der Waals surface area contributed by atoms with E-state index >= 15 is 0 Å². The lowest BCUT2D eigenvalue weighted by molar-refractivity contribution is -0.253. The molecule has 0 amide bonds. The maximum absolute atomic E-state index is 12.9. The minimum Gasteiger partial charge on any atom is -0.456 e. The third kappa shape index (κ3) is 4.84. The van der Waals surface area contributed by atoms with Crippen LogP contribution in [0.1, 0.15) is 118 Å². The molecule has 9 aliphatic rings. The third-order valence-corrected chi connectivity index (χ3v) is 16.8. The number of nitrogens with zero attached hydrogens (tertiary/aromatic N) is 1. The lowest BCUT2D eigenvalue weighted by atomic mass is 9.46. The molecule has 3 heterocycles. The summed E-state index contributed by atoms with van der Waals surface area (Å²) in [6, 6.07) is 0.536. The predicted octanol–water partition coefficient (Wildman–Crippen LogP) is 6.12. The first-order chi connectivity index (χ1) is 22.9. The molecule has 6 aliphatic carbocycles. The molecular formula is C40H63NO7. The number of ether oxygens (including phenoxy) is 5. The zero-order valence-corrected chi connectivity index (χ0v) is 30.4. The van der Waals surface area contributed by atoms with Gasteiger partial charge in [-0.2, -0.15) is 0 Å². The van der Waals surface area contributed by atoms with Gasteiger partial charge in [-0.3, -0.25) is 9.69 Å². The fraction of sp³-hybridized carbons (Fsp3) is 0.975. The molecule has 48 heavy (non-hydrogen) atoms. The summed E-state index contributed by atoms with van der Waals surface area (Å²) >= 11 is 0. The van der Waals surface area contributed by atoms with E-state index < -0.39 is 11.7 Å². The maximum Gasteiger partial charge on any atom is 0.309 e. The Morgan fingerprint density at radius 1 is 0.938 bits per heavy atom. The zero-order valence-electron chi connectivity index (χ0n) is 30.4. The summed E-state index contributed by atoms with van der Waals surface area (Å²) in [6.45, 7) is 15.5. The number of morpholine rings is 1. The van der Waals surface area contributed by atoms with Gasteiger partial charge in [-0.1, -0.05) is 27.2 Å². The van der Waals surface area contributed by atoms with Crippen molar-refractivity contribution >= 4 is 5.97 Å². The Balaban J connectivity index is 0.886. The highest BCUT2D eigenvalue weighted by molar-refractivity contribution is 5.73. The Morgan fingerprint density at radius 3 is 2.44 bits per heavy atom. The van der Waals surface area contributed by atoms with Crippen molar-refractivity contribution in [3.8, 4) is 0 Å². The summed E-state index contributed by atoms with van der Waals surface area (Å²) in [5.41, 5.74) is 0.300. The Hall–Kier alpha value is -0.770. The van der Waals surface area contributed by atoms with E-state index in [9.17, 15) is 9.90 Å². The summed E-state index contributed by atoms with van der Waals surface area (Å²) in [5.74, 6) is 2.63. The first kappa shape index (κ1) is 33.1. The molecular weight excluding hydrogens is 606 g/mol. The van der Waals surface area contributed by atoms with Crippen LogP contribution in [0.2, 0.25) is 0 Å². The number of rotatable bonds is 7. The molecule has 9 unspecified atom stereocenters. The van der Waals surface area contributed by atoms with E-state index in [2.05, 4.69) is 25.7 Å². The van der Waals surface area contributed by atoms with E-state index in [0.29, 0.717) is 40.0 Å². The zero-order chi connectivity index (χ0) is 33.3. The van der Waals surface area contributed by atoms with Crippen LogP contribution in [0.15, 0.2) is 0 Å². The monoisotopic (exact) mass is 669 g/mol. The fourth-order valence-corrected chi connectivity index (χ4v) is 13.9. The van der Waals surface area contributed by atoms with Crippen molar-refractivity contribution in [3.63, 3.8) is 0 Å². The van der Waals surface area contributed by atoms with Crippen LogP contribution in [-0.4, -0.2) is 91.2 Å². The van der Waals surface area contributed by atoms with Crippen LogP contribution < -0.4 is 0 Å². The quantitative estimate of drug-likeness (QED) is 0.325. The second-order valence-corrected chi connectivity index (χ2v) is 19.6. The SMILES string of the molecule is CC12CCC34C[C@@]35CC[C@H](OC3CN(C6COC6)CCO3)C(C)(C)C5CCC4C1CC1OC([C@H](OC(=O)C3CCC3)C(C)(C)O)CCC12. The standard InChI is InChI=1S/C40H63NO7/c1-36(2)31-12-10-26-28-19-30-27(9-11-29(46-30)34(37(3,4)43)48-35(42)24-7-6-8-24)38(28,5)15-16-39(26)23-40(31,39)14-13-32(36)47-33-20-41(17-18-45-33)25-21-44-22-25/h24-34,43H,6-23H2,1-5H3/t26?,27?,28?,29?,30?,31?,32-,33?,34-,38?,39?,40+/m0/s1. The van der Waals surface area contributed by atoms with Crippen molar-refractivity contribution in [1.82, 2.24) is 4.90 Å². The van der Waals surface area contributed by atoms with Gasteiger partial charge in [-0.15, -0.1) is 0 Å². The second-order valence-electron chi connectivity index (χ2n) is 19.6. The van der Waals surface area contributed by atoms with E-state index in [1.165, 1.54) is 38.5 Å². The largest absolute Gasteiger partial charge is 0.456 e. The topological polar surface area (TPSA) is 86.7 Å². The highest BCUT2D eigenvalue weighted by atomic mass is 16.7. The van der Waals surface area contributed by atoms with Crippen molar-refractivity contribution < 1.29 is 33.6 Å². The highest BCUT2D eigenvalue weighted by Gasteiger charge is 2.80. The molecule has 12 atom stereocenters. The van der Waals surface area contributed by atoms with E-state index in [4.69, 9.17) is 23.7 Å². The first-order valence-electron chi connectivity index (χ1n) is 20.0. The summed E-state index contributed by atoms with van der Waals surface area (Å²) < 4.78 is 31.7. The van der Waals surface area contributed by atoms with Crippen LogP contribution in [0.25, 0.3) is 0 Å². The van der Waals surface area contributed by atoms with Gasteiger partial charge in [0.05, 0.1) is 62.2 Å². The van der Waals surface area contributed by atoms with Gasteiger partial charge >= 0.3 is 5.97 Å².